The summed E-state index contributed by atoms with van der Waals surface area (Å²) in [7, 11) is 0. The number of amides is 2. The molecule has 0 spiro atoms. The van der Waals surface area contributed by atoms with E-state index in [4.69, 9.17) is 9.84 Å². The van der Waals surface area contributed by atoms with Crippen LogP contribution < -0.4 is 5.32 Å². The van der Waals surface area contributed by atoms with Crippen LogP contribution in [0, 0.1) is 23.7 Å². The minimum atomic E-state index is -0.733. The van der Waals surface area contributed by atoms with E-state index in [9.17, 15) is 14.4 Å². The molecule has 1 aliphatic heterocycles. The number of ether oxygens (including phenoxy) is 1. The smallest absolute Gasteiger partial charge is 0.407 e. The van der Waals surface area contributed by atoms with E-state index in [0.717, 1.165) is 12.8 Å². The highest BCUT2D eigenvalue weighted by Crippen LogP contribution is 2.52. The van der Waals surface area contributed by atoms with Gasteiger partial charge in [-0.2, -0.15) is 0 Å². The molecule has 7 nitrogen and oxygen atoms in total. The first-order valence-electron chi connectivity index (χ1n) is 12.1. The molecule has 2 saturated carbocycles. The molecule has 6 rings (SSSR count). The van der Waals surface area contributed by atoms with Crippen LogP contribution in [0.1, 0.15) is 36.3 Å². The lowest BCUT2D eigenvalue weighted by molar-refractivity contribution is -0.141. The second-order valence-corrected chi connectivity index (χ2v) is 10.2. The van der Waals surface area contributed by atoms with Gasteiger partial charge in [0.1, 0.15) is 6.61 Å². The number of carboxylic acid groups (broad SMARTS) is 1. The first-order chi connectivity index (χ1) is 16.5. The van der Waals surface area contributed by atoms with E-state index in [1.165, 1.54) is 22.3 Å². The van der Waals surface area contributed by atoms with Crippen molar-refractivity contribution in [2.45, 2.75) is 31.2 Å². The molecule has 2 unspecified atom stereocenters. The standard InChI is InChI=1S/C27H28N2O5/c30-24(29-12-21-22(13-29)25(21)26(31)32)11-15-9-16(10-15)28-27(33)34-14-23-19-7-3-1-5-17(19)18-6-2-4-8-20(18)23/h1-8,15-16,21-23,25H,9-14H2,(H,28,33)(H,31,32). The van der Waals surface area contributed by atoms with Gasteiger partial charge in [-0.1, -0.05) is 48.5 Å². The van der Waals surface area contributed by atoms with Crippen molar-refractivity contribution >= 4 is 18.0 Å². The monoisotopic (exact) mass is 460 g/mol. The van der Waals surface area contributed by atoms with Crippen LogP contribution in [-0.4, -0.2) is 53.7 Å². The Hall–Kier alpha value is -3.35. The third-order valence-corrected chi connectivity index (χ3v) is 8.20. The zero-order chi connectivity index (χ0) is 23.4. The minimum absolute atomic E-state index is 0.0387. The topological polar surface area (TPSA) is 95.9 Å². The van der Waals surface area contributed by atoms with E-state index in [-0.39, 0.29) is 41.5 Å². The molecule has 1 heterocycles. The zero-order valence-electron chi connectivity index (χ0n) is 18.9. The fourth-order valence-electron chi connectivity index (χ4n) is 6.30. The predicted octanol–water partition coefficient (Wildman–Crippen LogP) is 3.48. The number of rotatable bonds is 6. The van der Waals surface area contributed by atoms with Gasteiger partial charge in [-0.05, 0) is 52.8 Å². The van der Waals surface area contributed by atoms with Crippen LogP contribution in [-0.2, 0) is 14.3 Å². The maximum absolute atomic E-state index is 12.5. The second-order valence-electron chi connectivity index (χ2n) is 10.2. The van der Waals surface area contributed by atoms with Gasteiger partial charge in [0.25, 0.3) is 0 Å². The summed E-state index contributed by atoms with van der Waals surface area (Å²) in [5, 5.41) is 12.1. The largest absolute Gasteiger partial charge is 0.481 e. The van der Waals surface area contributed by atoms with E-state index >= 15 is 0 Å². The molecule has 2 aromatic carbocycles. The molecule has 2 N–H and O–H groups in total. The van der Waals surface area contributed by atoms with Gasteiger partial charge in [-0.25, -0.2) is 4.79 Å². The van der Waals surface area contributed by atoms with Crippen molar-refractivity contribution in [2.24, 2.45) is 23.7 Å². The molecule has 0 aromatic heterocycles. The number of carbonyl (C=O) groups is 3. The summed E-state index contributed by atoms with van der Waals surface area (Å²) in [4.78, 5) is 37.9. The summed E-state index contributed by atoms with van der Waals surface area (Å²) in [6, 6.07) is 16.6. The maximum Gasteiger partial charge on any atom is 0.407 e. The predicted molar refractivity (Wildman–Crippen MR) is 124 cm³/mol. The summed E-state index contributed by atoms with van der Waals surface area (Å²) >= 11 is 0. The average molecular weight is 461 g/mol. The summed E-state index contributed by atoms with van der Waals surface area (Å²) < 4.78 is 5.62. The van der Waals surface area contributed by atoms with Crippen LogP contribution in [0.15, 0.2) is 48.5 Å². The van der Waals surface area contributed by atoms with Gasteiger partial charge in [0.05, 0.1) is 5.92 Å². The van der Waals surface area contributed by atoms with Gasteiger partial charge in [0.2, 0.25) is 5.91 Å². The van der Waals surface area contributed by atoms with Crippen molar-refractivity contribution in [1.82, 2.24) is 10.2 Å². The van der Waals surface area contributed by atoms with Crippen LogP contribution in [0.5, 0.6) is 0 Å². The lowest BCUT2D eigenvalue weighted by Crippen LogP contribution is -2.46. The Morgan fingerprint density at radius 1 is 0.941 bits per heavy atom. The number of hydrogen-bond donors (Lipinski definition) is 2. The number of nitrogens with zero attached hydrogens (tertiary/aromatic N) is 1. The van der Waals surface area contributed by atoms with Crippen LogP contribution >= 0.6 is 0 Å². The van der Waals surface area contributed by atoms with Crippen molar-refractivity contribution in [1.29, 1.82) is 0 Å². The van der Waals surface area contributed by atoms with Crippen molar-refractivity contribution in [2.75, 3.05) is 19.7 Å². The highest BCUT2D eigenvalue weighted by Gasteiger charge is 2.60. The van der Waals surface area contributed by atoms with Crippen LogP contribution in [0.25, 0.3) is 11.1 Å². The number of benzene rings is 2. The van der Waals surface area contributed by atoms with Gasteiger partial charge in [-0.15, -0.1) is 0 Å². The minimum Gasteiger partial charge on any atom is -0.481 e. The van der Waals surface area contributed by atoms with E-state index in [2.05, 4.69) is 29.6 Å². The third kappa shape index (κ3) is 3.63. The first-order valence-corrected chi connectivity index (χ1v) is 12.1. The lowest BCUT2D eigenvalue weighted by atomic mass is 9.78. The number of nitrogens with one attached hydrogen (secondary N) is 1. The highest BCUT2D eigenvalue weighted by atomic mass is 16.5. The summed E-state index contributed by atoms with van der Waals surface area (Å²) in [6.07, 6.45) is 1.61. The Labute approximate surface area is 198 Å². The molecule has 3 aliphatic carbocycles. The first kappa shape index (κ1) is 21.2. The van der Waals surface area contributed by atoms with Gasteiger partial charge < -0.3 is 20.1 Å². The van der Waals surface area contributed by atoms with E-state index in [1.54, 1.807) is 0 Å². The number of hydrogen-bond acceptors (Lipinski definition) is 4. The van der Waals surface area contributed by atoms with Crippen molar-refractivity contribution in [3.63, 3.8) is 0 Å². The van der Waals surface area contributed by atoms with Crippen LogP contribution in [0.3, 0.4) is 0 Å². The van der Waals surface area contributed by atoms with Crippen molar-refractivity contribution in [3.8, 4) is 11.1 Å². The normalized spacial score (nSPS) is 28.4. The second kappa shape index (κ2) is 8.15. The number of aliphatic carboxylic acids is 1. The highest BCUT2D eigenvalue weighted by molar-refractivity contribution is 5.80. The lowest BCUT2D eigenvalue weighted by Gasteiger charge is -2.36. The van der Waals surface area contributed by atoms with Gasteiger partial charge in [-0.3, -0.25) is 9.59 Å². The Kier molecular flexibility index (Phi) is 5.08. The maximum atomic E-state index is 12.5. The number of alkyl carbamates (subject to hydrolysis) is 1. The van der Waals surface area contributed by atoms with Crippen LogP contribution in [0.2, 0.25) is 0 Å². The molecule has 2 atom stereocenters. The molecule has 0 radical (unpaired) electrons. The fraction of sp³-hybridized carbons (Fsp3) is 0.444. The molecule has 34 heavy (non-hydrogen) atoms. The molecule has 2 aromatic rings. The number of carboxylic acids is 1. The Bertz CT molecular complexity index is 1100. The number of likely N-dealkylation sites (tertiary alicyclic amines) is 1. The SMILES string of the molecule is O=C(NC1CC(CC(=O)N2CC3C(C2)C3C(=O)O)C1)OCC1c2ccccc2-c2ccccc21. The molecular weight excluding hydrogens is 432 g/mol. The van der Waals surface area contributed by atoms with E-state index < -0.39 is 12.1 Å². The Balaban J connectivity index is 0.947. The quantitative estimate of drug-likeness (QED) is 0.688. The Morgan fingerprint density at radius 3 is 2.12 bits per heavy atom. The molecule has 2 amide bonds. The van der Waals surface area contributed by atoms with Crippen LogP contribution in [0.4, 0.5) is 4.79 Å². The molecule has 3 fully saturated rings. The summed E-state index contributed by atoms with van der Waals surface area (Å²) in [6.45, 7) is 1.45. The summed E-state index contributed by atoms with van der Waals surface area (Å²) in [5.41, 5.74) is 4.78. The number of carbonyl (C=O) groups excluding carboxylic acids is 2. The molecule has 1 saturated heterocycles. The van der Waals surface area contributed by atoms with E-state index in [0.29, 0.717) is 26.1 Å². The van der Waals surface area contributed by atoms with Gasteiger partial charge >= 0.3 is 12.1 Å². The molecular formula is C27H28N2O5. The molecule has 7 heteroatoms. The number of piperidine rings is 1. The zero-order valence-corrected chi connectivity index (χ0v) is 18.9. The average Bonchev–Trinajstić information content (AvgIpc) is 3.17. The van der Waals surface area contributed by atoms with Crippen molar-refractivity contribution < 1.29 is 24.2 Å². The summed E-state index contributed by atoms with van der Waals surface area (Å²) in [5.74, 6) is -0.282. The Morgan fingerprint density at radius 2 is 1.53 bits per heavy atom. The number of fused-ring (bicyclic) bond motifs is 4. The molecule has 0 bridgehead atoms. The van der Waals surface area contributed by atoms with E-state index in [1.807, 2.05) is 29.2 Å². The van der Waals surface area contributed by atoms with Crippen molar-refractivity contribution in [3.05, 3.63) is 59.7 Å². The molecule has 176 valence electrons. The molecule has 4 aliphatic rings. The van der Waals surface area contributed by atoms with Gasteiger partial charge in [0.15, 0.2) is 0 Å². The van der Waals surface area contributed by atoms with Gasteiger partial charge in [0, 0.05) is 31.5 Å². The third-order valence-electron chi connectivity index (χ3n) is 8.20. The fourth-order valence-corrected chi connectivity index (χ4v) is 6.30.